The number of aliphatic imine (C=N–C) groups is 1. The van der Waals surface area contributed by atoms with Crippen molar-refractivity contribution < 1.29 is 4.39 Å². The molecule has 116 valence electrons. The van der Waals surface area contributed by atoms with E-state index in [0.29, 0.717) is 0 Å². The molecule has 0 aliphatic carbocycles. The van der Waals surface area contributed by atoms with E-state index in [1.807, 2.05) is 30.3 Å². The summed E-state index contributed by atoms with van der Waals surface area (Å²) in [7, 11) is 0. The van der Waals surface area contributed by atoms with Gasteiger partial charge in [-0.15, -0.1) is 0 Å². The first kappa shape index (κ1) is 14.5. The van der Waals surface area contributed by atoms with Gasteiger partial charge in [-0.05, 0) is 53.1 Å². The first-order valence-corrected chi connectivity index (χ1v) is 7.84. The van der Waals surface area contributed by atoms with E-state index in [4.69, 9.17) is 4.99 Å². The summed E-state index contributed by atoms with van der Waals surface area (Å²) in [6, 6.07) is 20.6. The second-order valence-electron chi connectivity index (χ2n) is 5.67. The first-order valence-electron chi connectivity index (χ1n) is 7.84. The normalized spacial score (nSPS) is 14.0. The molecule has 4 rings (SSSR count). The molecule has 0 saturated carbocycles. The maximum Gasteiger partial charge on any atom is 0.123 e. The van der Waals surface area contributed by atoms with E-state index in [1.54, 1.807) is 24.5 Å². The molecule has 3 heteroatoms. The molecule has 0 bridgehead atoms. The third kappa shape index (κ3) is 2.76. The molecule has 0 radical (unpaired) electrons. The number of rotatable bonds is 3. The van der Waals surface area contributed by atoms with Gasteiger partial charge in [0.2, 0.25) is 0 Å². The Hall–Kier alpha value is -3.07. The molecular weight excluding hydrogens is 299 g/mol. The Bertz CT molecular complexity index is 911. The zero-order chi connectivity index (χ0) is 16.4. The Kier molecular flexibility index (Phi) is 3.75. The van der Waals surface area contributed by atoms with Gasteiger partial charge >= 0.3 is 0 Å². The van der Waals surface area contributed by atoms with E-state index in [1.165, 1.54) is 12.1 Å². The third-order valence-electron chi connectivity index (χ3n) is 4.13. The van der Waals surface area contributed by atoms with Gasteiger partial charge in [-0.3, -0.25) is 9.98 Å². The highest BCUT2D eigenvalue weighted by molar-refractivity contribution is 6.16. The molecule has 1 aliphatic heterocycles. The van der Waals surface area contributed by atoms with Crippen molar-refractivity contribution in [2.45, 2.75) is 6.42 Å². The smallest absolute Gasteiger partial charge is 0.123 e. The maximum absolute atomic E-state index is 13.3. The maximum atomic E-state index is 13.3. The fourth-order valence-corrected chi connectivity index (χ4v) is 2.93. The number of aromatic nitrogens is 1. The molecule has 2 heterocycles. The molecule has 0 unspecified atom stereocenters. The molecule has 3 aromatic rings. The van der Waals surface area contributed by atoms with Gasteiger partial charge in [-0.25, -0.2) is 4.39 Å². The molecule has 1 aromatic heterocycles. The number of halogens is 1. The Balaban J connectivity index is 1.82. The van der Waals surface area contributed by atoms with E-state index in [2.05, 4.69) is 17.1 Å². The number of benzene rings is 2. The van der Waals surface area contributed by atoms with Gasteiger partial charge in [0.15, 0.2) is 0 Å². The van der Waals surface area contributed by atoms with Crippen LogP contribution in [-0.2, 0) is 0 Å². The molecule has 0 saturated heterocycles. The van der Waals surface area contributed by atoms with Crippen LogP contribution >= 0.6 is 0 Å². The van der Waals surface area contributed by atoms with E-state index in [0.717, 1.165) is 40.1 Å². The summed E-state index contributed by atoms with van der Waals surface area (Å²) >= 11 is 0. The van der Waals surface area contributed by atoms with Crippen LogP contribution in [0.15, 0.2) is 84.1 Å². The second kappa shape index (κ2) is 6.20. The summed E-state index contributed by atoms with van der Waals surface area (Å²) in [5.74, 6) is -0.241. The van der Waals surface area contributed by atoms with E-state index < -0.39 is 0 Å². The average molecular weight is 314 g/mol. The molecule has 0 amide bonds. The molecule has 2 aromatic carbocycles. The van der Waals surface area contributed by atoms with Gasteiger partial charge in [-0.1, -0.05) is 30.3 Å². The van der Waals surface area contributed by atoms with Crippen LogP contribution in [0.2, 0.25) is 0 Å². The minimum atomic E-state index is -0.241. The first-order chi connectivity index (χ1) is 11.8. The van der Waals surface area contributed by atoms with Gasteiger partial charge < -0.3 is 0 Å². The van der Waals surface area contributed by atoms with Gasteiger partial charge in [-0.2, -0.15) is 0 Å². The van der Waals surface area contributed by atoms with Gasteiger partial charge in [0.1, 0.15) is 5.82 Å². The minimum Gasteiger partial charge on any atom is -0.265 e. The van der Waals surface area contributed by atoms with Crippen LogP contribution in [0.5, 0.6) is 0 Å². The standard InChI is InChI=1S/C21H15FN2/c22-18-8-6-17(7-9-18)21-19(15-10-12-23-13-11-15)14-20(24-21)16-4-2-1-3-5-16/h1-13H,14H2. The van der Waals surface area contributed by atoms with Crippen molar-refractivity contribution >= 4 is 17.0 Å². The number of hydrogen-bond donors (Lipinski definition) is 0. The topological polar surface area (TPSA) is 25.2 Å². The van der Waals surface area contributed by atoms with Crippen molar-refractivity contribution in [2.24, 2.45) is 4.99 Å². The van der Waals surface area contributed by atoms with Gasteiger partial charge in [0, 0.05) is 24.4 Å². The summed E-state index contributed by atoms with van der Waals surface area (Å²) in [6.45, 7) is 0. The van der Waals surface area contributed by atoms with Crippen molar-refractivity contribution in [1.82, 2.24) is 4.98 Å². The molecule has 2 nitrogen and oxygen atoms in total. The summed E-state index contributed by atoms with van der Waals surface area (Å²) < 4.78 is 13.3. The van der Waals surface area contributed by atoms with Crippen LogP contribution < -0.4 is 0 Å². The molecule has 24 heavy (non-hydrogen) atoms. The molecule has 0 N–H and O–H groups in total. The van der Waals surface area contributed by atoms with E-state index in [9.17, 15) is 4.39 Å². The van der Waals surface area contributed by atoms with Crippen LogP contribution in [0.4, 0.5) is 4.39 Å². The minimum absolute atomic E-state index is 0.241. The monoisotopic (exact) mass is 314 g/mol. The molecular formula is C21H15FN2. The quantitative estimate of drug-likeness (QED) is 0.669. The Labute approximate surface area is 140 Å². The second-order valence-corrected chi connectivity index (χ2v) is 5.67. The van der Waals surface area contributed by atoms with Crippen molar-refractivity contribution in [3.8, 4) is 0 Å². The predicted molar refractivity (Wildman–Crippen MR) is 95.0 cm³/mol. The average Bonchev–Trinajstić information content (AvgIpc) is 3.09. The Morgan fingerprint density at radius 2 is 1.42 bits per heavy atom. The third-order valence-corrected chi connectivity index (χ3v) is 4.13. The predicted octanol–water partition coefficient (Wildman–Crippen LogP) is 4.98. The van der Waals surface area contributed by atoms with Gasteiger partial charge in [0.25, 0.3) is 0 Å². The summed E-state index contributed by atoms with van der Waals surface area (Å²) in [5.41, 5.74) is 6.21. The molecule has 0 fully saturated rings. The number of allylic oxidation sites excluding steroid dienone is 1. The lowest BCUT2D eigenvalue weighted by Crippen LogP contribution is -1.97. The Morgan fingerprint density at radius 3 is 2.12 bits per heavy atom. The lowest BCUT2D eigenvalue weighted by molar-refractivity contribution is 0.627. The zero-order valence-electron chi connectivity index (χ0n) is 13.0. The van der Waals surface area contributed by atoms with E-state index in [-0.39, 0.29) is 5.82 Å². The van der Waals surface area contributed by atoms with Crippen LogP contribution in [0.1, 0.15) is 23.1 Å². The van der Waals surface area contributed by atoms with Crippen LogP contribution in [-0.4, -0.2) is 10.7 Å². The SMILES string of the molecule is Fc1ccc(C2=C(c3ccncc3)CC(c3ccccc3)=N2)cc1. The van der Waals surface area contributed by atoms with Crippen LogP contribution in [0.25, 0.3) is 11.3 Å². The molecule has 1 aliphatic rings. The summed E-state index contributed by atoms with van der Waals surface area (Å²) in [4.78, 5) is 8.96. The van der Waals surface area contributed by atoms with Crippen molar-refractivity contribution in [3.05, 3.63) is 102 Å². The van der Waals surface area contributed by atoms with Crippen LogP contribution in [0, 0.1) is 5.82 Å². The highest BCUT2D eigenvalue weighted by Crippen LogP contribution is 2.36. The number of hydrogen-bond acceptors (Lipinski definition) is 2. The van der Waals surface area contributed by atoms with Gasteiger partial charge in [0.05, 0.1) is 11.4 Å². The van der Waals surface area contributed by atoms with Crippen LogP contribution in [0.3, 0.4) is 0 Å². The lowest BCUT2D eigenvalue weighted by Gasteiger charge is -2.06. The lowest BCUT2D eigenvalue weighted by atomic mass is 9.97. The van der Waals surface area contributed by atoms with Crippen molar-refractivity contribution in [3.63, 3.8) is 0 Å². The highest BCUT2D eigenvalue weighted by Gasteiger charge is 2.21. The summed E-state index contributed by atoms with van der Waals surface area (Å²) in [6.07, 6.45) is 4.32. The number of pyridine rings is 1. The zero-order valence-corrected chi connectivity index (χ0v) is 13.0. The van der Waals surface area contributed by atoms with E-state index >= 15 is 0 Å². The fraction of sp³-hybridized carbons (Fsp3) is 0.0476. The molecule has 0 spiro atoms. The number of nitrogens with zero attached hydrogens (tertiary/aromatic N) is 2. The Morgan fingerprint density at radius 1 is 0.708 bits per heavy atom. The largest absolute Gasteiger partial charge is 0.265 e. The highest BCUT2D eigenvalue weighted by atomic mass is 19.1. The molecule has 0 atom stereocenters. The fourth-order valence-electron chi connectivity index (χ4n) is 2.93. The van der Waals surface area contributed by atoms with Crippen molar-refractivity contribution in [2.75, 3.05) is 0 Å². The van der Waals surface area contributed by atoms with Crippen molar-refractivity contribution in [1.29, 1.82) is 0 Å². The summed E-state index contributed by atoms with van der Waals surface area (Å²) in [5, 5.41) is 0.